The highest BCUT2D eigenvalue weighted by Gasteiger charge is 1.91. The van der Waals surface area contributed by atoms with Crippen LogP contribution in [0.1, 0.15) is 4.88 Å². The Morgan fingerprint density at radius 3 is 2.89 bits per heavy atom. The van der Waals surface area contributed by atoms with Crippen LogP contribution in [0.4, 0.5) is 0 Å². The number of oxime groups is 1. The van der Waals surface area contributed by atoms with Crippen LogP contribution < -0.4 is 0 Å². The highest BCUT2D eigenvalue weighted by Crippen LogP contribution is 2.20. The molecule has 4 heteroatoms. The van der Waals surface area contributed by atoms with Gasteiger partial charge in [-0.25, -0.2) is 0 Å². The monoisotopic (exact) mass is 205 g/mol. The van der Waals surface area contributed by atoms with E-state index in [1.807, 2.05) is 12.1 Å². The van der Waals surface area contributed by atoms with E-state index in [-0.39, 0.29) is 0 Å². The first-order valence-corrected chi connectivity index (χ1v) is 3.86. The highest BCUT2D eigenvalue weighted by molar-refractivity contribution is 9.11. The summed E-state index contributed by atoms with van der Waals surface area (Å²) in [5.74, 6) is 0. The van der Waals surface area contributed by atoms with Crippen molar-refractivity contribution in [3.63, 3.8) is 0 Å². The molecule has 0 aliphatic carbocycles. The quantitative estimate of drug-likeness (QED) is 0.426. The van der Waals surface area contributed by atoms with Gasteiger partial charge in [0.15, 0.2) is 0 Å². The summed E-state index contributed by atoms with van der Waals surface area (Å²) in [6.07, 6.45) is 1.40. The average molecular weight is 206 g/mol. The van der Waals surface area contributed by atoms with E-state index in [2.05, 4.69) is 21.1 Å². The van der Waals surface area contributed by atoms with Crippen molar-refractivity contribution in [1.29, 1.82) is 0 Å². The van der Waals surface area contributed by atoms with Gasteiger partial charge in [-0.2, -0.15) is 0 Å². The SMILES string of the molecule is O/N=C\c1ccc(Br)s1. The molecular formula is C5H4BrNOS. The van der Waals surface area contributed by atoms with Crippen LogP contribution in [0.2, 0.25) is 0 Å². The maximum atomic E-state index is 8.09. The Labute approximate surface area is 64.9 Å². The number of thiophene rings is 1. The van der Waals surface area contributed by atoms with Crippen molar-refractivity contribution in [2.75, 3.05) is 0 Å². The molecule has 1 aromatic rings. The molecule has 1 N–H and O–H groups in total. The fourth-order valence-electron chi connectivity index (χ4n) is 0.455. The Kier molecular flexibility index (Phi) is 2.24. The largest absolute Gasteiger partial charge is 0.411 e. The van der Waals surface area contributed by atoms with E-state index in [0.29, 0.717) is 0 Å². The van der Waals surface area contributed by atoms with Gasteiger partial charge in [0.1, 0.15) is 0 Å². The van der Waals surface area contributed by atoms with Gasteiger partial charge in [-0.05, 0) is 28.1 Å². The van der Waals surface area contributed by atoms with E-state index in [1.54, 1.807) is 0 Å². The minimum Gasteiger partial charge on any atom is -0.411 e. The van der Waals surface area contributed by atoms with Crippen molar-refractivity contribution < 1.29 is 5.21 Å². The van der Waals surface area contributed by atoms with Gasteiger partial charge in [0.25, 0.3) is 0 Å². The van der Waals surface area contributed by atoms with Gasteiger partial charge in [0, 0.05) is 4.88 Å². The van der Waals surface area contributed by atoms with E-state index in [9.17, 15) is 0 Å². The van der Waals surface area contributed by atoms with Gasteiger partial charge in [0.05, 0.1) is 10.0 Å². The summed E-state index contributed by atoms with van der Waals surface area (Å²) in [6, 6.07) is 3.77. The maximum Gasteiger partial charge on any atom is 0.0833 e. The molecule has 0 saturated carbocycles. The number of halogens is 1. The van der Waals surface area contributed by atoms with Gasteiger partial charge in [0.2, 0.25) is 0 Å². The molecule has 9 heavy (non-hydrogen) atoms. The van der Waals surface area contributed by atoms with Crippen molar-refractivity contribution in [3.05, 3.63) is 20.8 Å². The molecule has 0 fully saturated rings. The van der Waals surface area contributed by atoms with E-state index < -0.39 is 0 Å². The lowest BCUT2D eigenvalue weighted by Crippen LogP contribution is -1.67. The first kappa shape index (κ1) is 6.77. The summed E-state index contributed by atoms with van der Waals surface area (Å²) in [6.45, 7) is 0. The molecule has 0 amide bonds. The number of hydrogen-bond donors (Lipinski definition) is 1. The van der Waals surface area contributed by atoms with E-state index in [1.165, 1.54) is 17.6 Å². The molecule has 0 unspecified atom stereocenters. The van der Waals surface area contributed by atoms with Crippen LogP contribution in [0.15, 0.2) is 21.1 Å². The lowest BCUT2D eigenvalue weighted by molar-refractivity contribution is 0.322. The first-order valence-electron chi connectivity index (χ1n) is 2.25. The standard InChI is InChI=1S/C5H4BrNOS/c6-5-2-1-4(9-5)3-7-8/h1-3,8H/b7-3-. The third kappa shape index (κ3) is 1.80. The molecule has 1 aromatic heterocycles. The molecule has 1 rings (SSSR count). The van der Waals surface area contributed by atoms with Gasteiger partial charge in [-0.15, -0.1) is 11.3 Å². The minimum absolute atomic E-state index is 0.935. The fraction of sp³-hybridized carbons (Fsp3) is 0. The second kappa shape index (κ2) is 2.98. The topological polar surface area (TPSA) is 32.6 Å². The summed E-state index contributed by atoms with van der Waals surface area (Å²) in [5, 5.41) is 11.0. The first-order chi connectivity index (χ1) is 4.33. The lowest BCUT2D eigenvalue weighted by Gasteiger charge is -1.74. The Balaban J connectivity index is 2.85. The van der Waals surface area contributed by atoms with Crippen molar-refractivity contribution in [3.8, 4) is 0 Å². The Hall–Kier alpha value is -0.350. The summed E-state index contributed by atoms with van der Waals surface area (Å²) in [4.78, 5) is 0.935. The molecule has 0 radical (unpaired) electrons. The molecule has 0 atom stereocenters. The molecule has 48 valence electrons. The average Bonchev–Trinajstić information content (AvgIpc) is 2.17. The highest BCUT2D eigenvalue weighted by atomic mass is 79.9. The molecule has 0 bridgehead atoms. The van der Waals surface area contributed by atoms with Gasteiger partial charge in [-0.1, -0.05) is 5.16 Å². The zero-order valence-corrected chi connectivity index (χ0v) is 6.82. The van der Waals surface area contributed by atoms with E-state index >= 15 is 0 Å². The Morgan fingerprint density at radius 2 is 2.44 bits per heavy atom. The Morgan fingerprint density at radius 1 is 1.67 bits per heavy atom. The number of hydrogen-bond acceptors (Lipinski definition) is 3. The molecule has 0 spiro atoms. The zero-order chi connectivity index (χ0) is 6.69. The van der Waals surface area contributed by atoms with Crippen LogP contribution in [0.3, 0.4) is 0 Å². The lowest BCUT2D eigenvalue weighted by atomic mass is 10.5. The summed E-state index contributed by atoms with van der Waals surface area (Å²) < 4.78 is 1.04. The van der Waals surface area contributed by atoms with Gasteiger partial charge in [-0.3, -0.25) is 0 Å². The minimum atomic E-state index is 0.935. The summed E-state index contributed by atoms with van der Waals surface area (Å²) in [7, 11) is 0. The van der Waals surface area contributed by atoms with Crippen molar-refractivity contribution >= 4 is 33.5 Å². The predicted molar refractivity (Wildman–Crippen MR) is 41.4 cm³/mol. The van der Waals surface area contributed by atoms with Gasteiger partial charge < -0.3 is 5.21 Å². The third-order valence-electron chi connectivity index (χ3n) is 0.779. The molecule has 1 heterocycles. The normalized spacial score (nSPS) is 10.8. The van der Waals surface area contributed by atoms with Crippen LogP contribution in [0, 0.1) is 0 Å². The molecule has 0 saturated heterocycles. The van der Waals surface area contributed by atoms with Crippen molar-refractivity contribution in [1.82, 2.24) is 0 Å². The Bertz CT molecular complexity index is 220. The van der Waals surface area contributed by atoms with Crippen LogP contribution in [-0.4, -0.2) is 11.4 Å². The van der Waals surface area contributed by atoms with E-state index in [0.717, 1.165) is 8.66 Å². The maximum absolute atomic E-state index is 8.09. The summed E-state index contributed by atoms with van der Waals surface area (Å²) in [5.41, 5.74) is 0. The van der Waals surface area contributed by atoms with Crippen molar-refractivity contribution in [2.24, 2.45) is 5.16 Å². The zero-order valence-electron chi connectivity index (χ0n) is 4.41. The molecule has 2 nitrogen and oxygen atoms in total. The second-order valence-electron chi connectivity index (χ2n) is 1.39. The van der Waals surface area contributed by atoms with Crippen LogP contribution in [0.5, 0.6) is 0 Å². The molecule has 0 aliphatic rings. The number of rotatable bonds is 1. The molecule has 0 aromatic carbocycles. The predicted octanol–water partition coefficient (Wildman–Crippen LogP) is 2.32. The number of nitrogens with zero attached hydrogens (tertiary/aromatic N) is 1. The van der Waals surface area contributed by atoms with Crippen molar-refractivity contribution in [2.45, 2.75) is 0 Å². The smallest absolute Gasteiger partial charge is 0.0833 e. The van der Waals surface area contributed by atoms with Crippen LogP contribution in [0.25, 0.3) is 0 Å². The molecule has 0 aliphatic heterocycles. The van der Waals surface area contributed by atoms with Crippen LogP contribution >= 0.6 is 27.3 Å². The fourth-order valence-corrected chi connectivity index (χ4v) is 1.74. The van der Waals surface area contributed by atoms with Crippen LogP contribution in [-0.2, 0) is 0 Å². The van der Waals surface area contributed by atoms with E-state index in [4.69, 9.17) is 5.21 Å². The molecular weight excluding hydrogens is 202 g/mol. The summed E-state index contributed by atoms with van der Waals surface area (Å²) >= 11 is 4.80. The second-order valence-corrected chi connectivity index (χ2v) is 3.88. The third-order valence-corrected chi connectivity index (χ3v) is 2.34. The van der Waals surface area contributed by atoms with Gasteiger partial charge >= 0.3 is 0 Å².